The first kappa shape index (κ1) is 13.4. The maximum atomic E-state index is 6.12. The number of benzene rings is 1. The molecule has 0 radical (unpaired) electrons. The number of nitrogens with two attached hydrogens (primary N) is 1. The van der Waals surface area contributed by atoms with Crippen LogP contribution in [0.25, 0.3) is 0 Å². The van der Waals surface area contributed by atoms with Gasteiger partial charge in [0.2, 0.25) is 0 Å². The number of hydrogen-bond donors (Lipinski definition) is 1. The third-order valence-corrected chi connectivity index (χ3v) is 3.06. The van der Waals surface area contributed by atoms with Gasteiger partial charge in [-0.05, 0) is 43.4 Å². The molecule has 1 aromatic carbocycles. The molecule has 0 amide bonds. The van der Waals surface area contributed by atoms with Crippen molar-refractivity contribution in [2.75, 3.05) is 13.2 Å². The Hall–Kier alpha value is -1.06. The molecule has 100 valence electrons. The summed E-state index contributed by atoms with van der Waals surface area (Å²) in [5.74, 6) is 0.954. The average molecular weight is 249 g/mol. The molecule has 2 rings (SSSR count). The minimum Gasteiger partial charge on any atom is -0.490 e. The molecule has 1 saturated carbocycles. The second-order valence-electron chi connectivity index (χ2n) is 4.89. The fraction of sp³-hybridized carbons (Fsp3) is 0.600. The van der Waals surface area contributed by atoms with Crippen LogP contribution in [0.2, 0.25) is 0 Å². The Morgan fingerprint density at radius 2 is 1.94 bits per heavy atom. The summed E-state index contributed by atoms with van der Waals surface area (Å²) in [6, 6.07) is 8.20. The van der Waals surface area contributed by atoms with Gasteiger partial charge in [-0.1, -0.05) is 19.1 Å². The molecule has 1 aliphatic carbocycles. The van der Waals surface area contributed by atoms with Crippen LogP contribution >= 0.6 is 0 Å². The van der Waals surface area contributed by atoms with E-state index in [-0.39, 0.29) is 6.04 Å². The Labute approximate surface area is 109 Å². The topological polar surface area (TPSA) is 44.5 Å². The minimum atomic E-state index is 0.0526. The van der Waals surface area contributed by atoms with E-state index in [0.29, 0.717) is 6.10 Å². The van der Waals surface area contributed by atoms with Gasteiger partial charge in [-0.2, -0.15) is 0 Å². The van der Waals surface area contributed by atoms with Crippen molar-refractivity contribution in [3.8, 4) is 5.75 Å². The van der Waals surface area contributed by atoms with Gasteiger partial charge in [-0.15, -0.1) is 0 Å². The van der Waals surface area contributed by atoms with Crippen molar-refractivity contribution in [2.24, 2.45) is 5.73 Å². The summed E-state index contributed by atoms with van der Waals surface area (Å²) in [5, 5.41) is 0. The van der Waals surface area contributed by atoms with Crippen LogP contribution in [0, 0.1) is 0 Å². The quantitative estimate of drug-likeness (QED) is 0.720. The molecule has 1 aromatic rings. The number of rotatable bonds is 8. The molecule has 1 fully saturated rings. The highest BCUT2D eigenvalue weighted by molar-refractivity contribution is 5.29. The Morgan fingerprint density at radius 1 is 1.22 bits per heavy atom. The van der Waals surface area contributed by atoms with Crippen molar-refractivity contribution in [1.82, 2.24) is 0 Å². The van der Waals surface area contributed by atoms with E-state index >= 15 is 0 Å². The highest BCUT2D eigenvalue weighted by Crippen LogP contribution is 2.27. The van der Waals surface area contributed by atoms with E-state index in [0.717, 1.165) is 37.4 Å². The number of ether oxygens (including phenoxy) is 2. The largest absolute Gasteiger partial charge is 0.490 e. The van der Waals surface area contributed by atoms with Crippen molar-refractivity contribution in [3.63, 3.8) is 0 Å². The predicted octanol–water partition coefficient (Wildman–Crippen LogP) is 3.04. The molecular weight excluding hydrogens is 226 g/mol. The Kier molecular flexibility index (Phi) is 5.02. The van der Waals surface area contributed by atoms with E-state index in [1.165, 1.54) is 12.8 Å². The van der Waals surface area contributed by atoms with Crippen LogP contribution in [0.5, 0.6) is 5.75 Å². The van der Waals surface area contributed by atoms with Crippen LogP contribution in [0.1, 0.15) is 44.2 Å². The van der Waals surface area contributed by atoms with E-state index in [4.69, 9.17) is 15.2 Å². The molecule has 0 aliphatic heterocycles. The average Bonchev–Trinajstić information content (AvgIpc) is 3.19. The van der Waals surface area contributed by atoms with Crippen LogP contribution in [-0.2, 0) is 4.74 Å². The van der Waals surface area contributed by atoms with E-state index in [9.17, 15) is 0 Å². The lowest BCUT2D eigenvalue weighted by Crippen LogP contribution is -2.13. The smallest absolute Gasteiger partial charge is 0.119 e. The van der Waals surface area contributed by atoms with Gasteiger partial charge in [0.15, 0.2) is 0 Å². The summed E-state index contributed by atoms with van der Waals surface area (Å²) in [7, 11) is 0. The standard InChI is InChI=1S/C15H23NO2/c1-2-10-17-11-9-15(16)12-3-5-13(6-4-12)18-14-7-8-14/h3-6,14-15H,2,7-11,16H2,1H3. The molecule has 1 aliphatic rings. The van der Waals surface area contributed by atoms with Gasteiger partial charge in [0.1, 0.15) is 5.75 Å². The Balaban J connectivity index is 1.76. The lowest BCUT2D eigenvalue weighted by Gasteiger charge is -2.13. The minimum absolute atomic E-state index is 0.0526. The van der Waals surface area contributed by atoms with Crippen LogP contribution in [0.3, 0.4) is 0 Å². The molecule has 0 saturated heterocycles. The molecule has 0 aromatic heterocycles. The van der Waals surface area contributed by atoms with Gasteiger partial charge in [0.05, 0.1) is 6.10 Å². The van der Waals surface area contributed by atoms with Crippen LogP contribution < -0.4 is 10.5 Å². The lowest BCUT2D eigenvalue weighted by atomic mass is 10.1. The first-order valence-corrected chi connectivity index (χ1v) is 6.89. The van der Waals surface area contributed by atoms with Crippen molar-refractivity contribution in [1.29, 1.82) is 0 Å². The van der Waals surface area contributed by atoms with E-state index in [2.05, 4.69) is 19.1 Å². The molecule has 2 N–H and O–H groups in total. The normalized spacial score (nSPS) is 16.6. The van der Waals surface area contributed by atoms with E-state index in [1.54, 1.807) is 0 Å². The van der Waals surface area contributed by atoms with Crippen LogP contribution in [0.15, 0.2) is 24.3 Å². The maximum absolute atomic E-state index is 6.12. The van der Waals surface area contributed by atoms with Gasteiger partial charge < -0.3 is 15.2 Å². The highest BCUT2D eigenvalue weighted by atomic mass is 16.5. The first-order valence-electron chi connectivity index (χ1n) is 6.89. The van der Waals surface area contributed by atoms with Crippen LogP contribution in [-0.4, -0.2) is 19.3 Å². The molecule has 3 nitrogen and oxygen atoms in total. The highest BCUT2D eigenvalue weighted by Gasteiger charge is 2.23. The molecular formula is C15H23NO2. The summed E-state index contributed by atoms with van der Waals surface area (Å²) in [6.07, 6.45) is 4.75. The van der Waals surface area contributed by atoms with Gasteiger partial charge in [0, 0.05) is 19.3 Å². The van der Waals surface area contributed by atoms with Gasteiger partial charge in [-0.3, -0.25) is 0 Å². The summed E-state index contributed by atoms with van der Waals surface area (Å²) < 4.78 is 11.2. The summed E-state index contributed by atoms with van der Waals surface area (Å²) in [5.41, 5.74) is 7.27. The fourth-order valence-electron chi connectivity index (χ4n) is 1.80. The molecule has 1 unspecified atom stereocenters. The lowest BCUT2D eigenvalue weighted by molar-refractivity contribution is 0.128. The van der Waals surface area contributed by atoms with Crippen LogP contribution in [0.4, 0.5) is 0 Å². The Morgan fingerprint density at radius 3 is 2.56 bits per heavy atom. The molecule has 0 heterocycles. The SMILES string of the molecule is CCCOCCC(N)c1ccc(OC2CC2)cc1. The summed E-state index contributed by atoms with van der Waals surface area (Å²) in [4.78, 5) is 0. The monoisotopic (exact) mass is 249 g/mol. The second-order valence-corrected chi connectivity index (χ2v) is 4.89. The first-order chi connectivity index (χ1) is 8.79. The molecule has 1 atom stereocenters. The van der Waals surface area contributed by atoms with Gasteiger partial charge in [0.25, 0.3) is 0 Å². The second kappa shape index (κ2) is 6.76. The summed E-state index contributed by atoms with van der Waals surface area (Å²) in [6.45, 7) is 3.66. The fourth-order valence-corrected chi connectivity index (χ4v) is 1.80. The van der Waals surface area contributed by atoms with Crippen molar-refractivity contribution in [3.05, 3.63) is 29.8 Å². The third kappa shape index (κ3) is 4.31. The van der Waals surface area contributed by atoms with Crippen molar-refractivity contribution >= 4 is 0 Å². The zero-order valence-electron chi connectivity index (χ0n) is 11.1. The maximum Gasteiger partial charge on any atom is 0.119 e. The number of hydrogen-bond acceptors (Lipinski definition) is 3. The van der Waals surface area contributed by atoms with Crippen molar-refractivity contribution in [2.45, 2.75) is 44.8 Å². The molecule has 3 heteroatoms. The van der Waals surface area contributed by atoms with E-state index < -0.39 is 0 Å². The third-order valence-electron chi connectivity index (χ3n) is 3.06. The van der Waals surface area contributed by atoms with E-state index in [1.807, 2.05) is 12.1 Å². The predicted molar refractivity (Wildman–Crippen MR) is 72.7 cm³/mol. The van der Waals surface area contributed by atoms with Gasteiger partial charge in [-0.25, -0.2) is 0 Å². The zero-order valence-corrected chi connectivity index (χ0v) is 11.1. The molecule has 0 spiro atoms. The Bertz CT molecular complexity index is 346. The molecule has 18 heavy (non-hydrogen) atoms. The van der Waals surface area contributed by atoms with Gasteiger partial charge >= 0.3 is 0 Å². The summed E-state index contributed by atoms with van der Waals surface area (Å²) >= 11 is 0. The molecule has 0 bridgehead atoms. The zero-order chi connectivity index (χ0) is 12.8. The van der Waals surface area contributed by atoms with Crippen molar-refractivity contribution < 1.29 is 9.47 Å².